The number of rotatable bonds is 3. The molecule has 3 unspecified atom stereocenters. The van der Waals surface area contributed by atoms with Gasteiger partial charge in [-0.05, 0) is 13.8 Å². The van der Waals surface area contributed by atoms with E-state index < -0.39 is 18.2 Å². The fourth-order valence-corrected chi connectivity index (χ4v) is 1.75. The number of aliphatic hydroxyl groups excluding tert-OH is 1. The largest absolute Gasteiger partial charge is 0.481 e. The Hall–Kier alpha value is -1.14. The minimum Gasteiger partial charge on any atom is -0.481 e. The summed E-state index contributed by atoms with van der Waals surface area (Å²) >= 11 is 0. The Morgan fingerprint density at radius 3 is 2.41 bits per heavy atom. The van der Waals surface area contributed by atoms with Crippen LogP contribution in [0, 0.1) is 0 Å². The molecule has 0 bridgehead atoms. The number of hydrogen-bond donors (Lipinski definition) is 3. The van der Waals surface area contributed by atoms with Crippen molar-refractivity contribution in [1.82, 2.24) is 10.2 Å². The Kier molecular flexibility index (Phi) is 6.75. The third kappa shape index (κ3) is 3.98. The van der Waals surface area contributed by atoms with Gasteiger partial charge in [0, 0.05) is 6.54 Å². The van der Waals surface area contributed by atoms with Gasteiger partial charge in [-0.3, -0.25) is 14.9 Å². The Labute approximate surface area is 102 Å². The maximum absolute atomic E-state index is 11.7. The molecule has 0 aromatic carbocycles. The lowest BCUT2D eigenvalue weighted by atomic mass is 10.1. The number of piperazine rings is 1. The molecule has 1 saturated heterocycles. The topological polar surface area (TPSA) is 89.9 Å². The average molecular weight is 246 g/mol. The van der Waals surface area contributed by atoms with Crippen molar-refractivity contribution in [3.8, 4) is 0 Å². The fraction of sp³-hybridized carbons (Fsp3) is 0.818. The molecular weight excluding hydrogens is 224 g/mol. The third-order valence-corrected chi connectivity index (χ3v) is 2.62. The molecule has 0 radical (unpaired) electrons. The van der Waals surface area contributed by atoms with Crippen LogP contribution >= 0.6 is 0 Å². The monoisotopic (exact) mass is 246 g/mol. The second kappa shape index (κ2) is 7.24. The quantitative estimate of drug-likeness (QED) is 0.653. The predicted molar refractivity (Wildman–Crippen MR) is 63.4 cm³/mol. The van der Waals surface area contributed by atoms with E-state index in [4.69, 9.17) is 5.11 Å². The van der Waals surface area contributed by atoms with Crippen LogP contribution in [0.3, 0.4) is 0 Å². The number of carbonyl (C=O) groups is 2. The summed E-state index contributed by atoms with van der Waals surface area (Å²) in [6.45, 7) is 7.98. The first-order chi connectivity index (χ1) is 7.97. The van der Waals surface area contributed by atoms with Gasteiger partial charge in [0.05, 0.1) is 18.5 Å². The number of carboxylic acids is 1. The molecule has 0 aromatic heterocycles. The van der Waals surface area contributed by atoms with Gasteiger partial charge < -0.3 is 15.1 Å². The number of carboxylic acid groups (broad SMARTS) is 1. The Balaban J connectivity index is 0.00000121. The summed E-state index contributed by atoms with van der Waals surface area (Å²) in [5.74, 6) is -1.32. The minimum absolute atomic E-state index is 0.266. The van der Waals surface area contributed by atoms with Crippen molar-refractivity contribution >= 4 is 11.9 Å². The number of amides is 1. The van der Waals surface area contributed by atoms with Crippen LogP contribution in [0.15, 0.2) is 0 Å². The van der Waals surface area contributed by atoms with Crippen LogP contribution in [0.4, 0.5) is 0 Å². The minimum atomic E-state index is -1.06. The van der Waals surface area contributed by atoms with Crippen LogP contribution in [0.1, 0.15) is 34.1 Å². The zero-order valence-electron chi connectivity index (χ0n) is 10.8. The number of hydrogen-bond acceptors (Lipinski definition) is 4. The van der Waals surface area contributed by atoms with Crippen LogP contribution in [0.2, 0.25) is 0 Å². The molecule has 1 aliphatic rings. The van der Waals surface area contributed by atoms with E-state index in [1.807, 2.05) is 13.8 Å². The van der Waals surface area contributed by atoms with E-state index >= 15 is 0 Å². The van der Waals surface area contributed by atoms with E-state index in [0.29, 0.717) is 6.54 Å². The fourth-order valence-electron chi connectivity index (χ4n) is 1.75. The Morgan fingerprint density at radius 2 is 2.00 bits per heavy atom. The van der Waals surface area contributed by atoms with Gasteiger partial charge in [0.1, 0.15) is 6.23 Å². The lowest BCUT2D eigenvalue weighted by Crippen LogP contribution is -2.64. The summed E-state index contributed by atoms with van der Waals surface area (Å²) in [4.78, 5) is 23.7. The summed E-state index contributed by atoms with van der Waals surface area (Å²) in [5.41, 5.74) is 0. The molecule has 17 heavy (non-hydrogen) atoms. The van der Waals surface area contributed by atoms with Gasteiger partial charge in [-0.25, -0.2) is 0 Å². The molecule has 6 nitrogen and oxygen atoms in total. The highest BCUT2D eigenvalue weighted by Gasteiger charge is 2.38. The molecule has 6 heteroatoms. The van der Waals surface area contributed by atoms with Crippen molar-refractivity contribution in [2.24, 2.45) is 0 Å². The van der Waals surface area contributed by atoms with Gasteiger partial charge in [-0.15, -0.1) is 0 Å². The van der Waals surface area contributed by atoms with Gasteiger partial charge in [-0.2, -0.15) is 0 Å². The molecule has 1 fully saturated rings. The van der Waals surface area contributed by atoms with Gasteiger partial charge in [0.2, 0.25) is 5.91 Å². The second-order valence-corrected chi connectivity index (χ2v) is 3.63. The van der Waals surface area contributed by atoms with Gasteiger partial charge in [-0.1, -0.05) is 13.8 Å². The van der Waals surface area contributed by atoms with Crippen molar-refractivity contribution < 1.29 is 19.8 Å². The Bertz CT molecular complexity index is 270. The first-order valence-electron chi connectivity index (χ1n) is 5.93. The second-order valence-electron chi connectivity index (χ2n) is 3.63. The predicted octanol–water partition coefficient (Wildman–Crippen LogP) is 0.0145. The van der Waals surface area contributed by atoms with E-state index in [1.54, 1.807) is 13.8 Å². The molecule has 0 saturated carbocycles. The molecule has 0 aromatic rings. The van der Waals surface area contributed by atoms with Gasteiger partial charge in [0.25, 0.3) is 0 Å². The number of aliphatic carboxylic acids is 1. The molecule has 1 amide bonds. The Morgan fingerprint density at radius 1 is 1.47 bits per heavy atom. The normalized spacial score (nSPS) is 28.4. The van der Waals surface area contributed by atoms with Crippen LogP contribution in [-0.4, -0.2) is 51.8 Å². The first-order valence-corrected chi connectivity index (χ1v) is 5.93. The molecule has 1 aliphatic heterocycles. The number of nitrogens with one attached hydrogen (secondary N) is 1. The van der Waals surface area contributed by atoms with Crippen molar-refractivity contribution in [2.75, 3.05) is 6.54 Å². The SMILES string of the molecule is CC.CCN1C(=O)C(CC(=O)O)NC(O)C1C. The van der Waals surface area contributed by atoms with Crippen LogP contribution in [-0.2, 0) is 9.59 Å². The van der Waals surface area contributed by atoms with Crippen LogP contribution in [0.25, 0.3) is 0 Å². The molecular formula is C11H22N2O4. The van der Waals surface area contributed by atoms with E-state index in [-0.39, 0.29) is 18.4 Å². The van der Waals surface area contributed by atoms with E-state index in [9.17, 15) is 14.7 Å². The molecule has 100 valence electrons. The van der Waals surface area contributed by atoms with E-state index in [1.165, 1.54) is 4.90 Å². The number of likely N-dealkylation sites (N-methyl/N-ethyl adjacent to an activating group) is 1. The van der Waals surface area contributed by atoms with Crippen molar-refractivity contribution in [3.63, 3.8) is 0 Å². The lowest BCUT2D eigenvalue weighted by Gasteiger charge is -2.40. The van der Waals surface area contributed by atoms with E-state index in [0.717, 1.165) is 0 Å². The van der Waals surface area contributed by atoms with Crippen molar-refractivity contribution in [2.45, 2.75) is 52.4 Å². The molecule has 1 heterocycles. The maximum Gasteiger partial charge on any atom is 0.305 e. The summed E-state index contributed by atoms with van der Waals surface area (Å²) in [6.07, 6.45) is -1.17. The molecule has 3 atom stereocenters. The highest BCUT2D eigenvalue weighted by molar-refractivity contribution is 5.87. The zero-order chi connectivity index (χ0) is 13.6. The maximum atomic E-state index is 11.7. The summed E-state index contributed by atoms with van der Waals surface area (Å²) in [7, 11) is 0. The van der Waals surface area contributed by atoms with Gasteiger partial charge in [0.15, 0.2) is 0 Å². The zero-order valence-corrected chi connectivity index (χ0v) is 10.8. The summed E-state index contributed by atoms with van der Waals surface area (Å²) < 4.78 is 0. The molecule has 3 N–H and O–H groups in total. The molecule has 0 spiro atoms. The molecule has 0 aliphatic carbocycles. The number of nitrogens with zero attached hydrogens (tertiary/aromatic N) is 1. The lowest BCUT2D eigenvalue weighted by molar-refractivity contribution is -0.151. The first kappa shape index (κ1) is 15.9. The number of carbonyl (C=O) groups excluding carboxylic acids is 1. The van der Waals surface area contributed by atoms with Crippen molar-refractivity contribution in [3.05, 3.63) is 0 Å². The third-order valence-electron chi connectivity index (χ3n) is 2.62. The highest BCUT2D eigenvalue weighted by atomic mass is 16.4. The summed E-state index contributed by atoms with van der Waals surface area (Å²) in [5, 5.41) is 20.8. The smallest absolute Gasteiger partial charge is 0.305 e. The van der Waals surface area contributed by atoms with Crippen molar-refractivity contribution in [1.29, 1.82) is 0 Å². The van der Waals surface area contributed by atoms with Crippen LogP contribution in [0.5, 0.6) is 0 Å². The van der Waals surface area contributed by atoms with E-state index in [2.05, 4.69) is 5.32 Å². The average Bonchev–Trinajstić information content (AvgIpc) is 2.29. The standard InChI is InChI=1S/C9H16N2O4.C2H6/c1-3-11-5(2)8(14)10-6(9(11)15)4-7(12)13;1-2/h5-6,8,10,14H,3-4H2,1-2H3,(H,12,13);1-2H3. The number of aliphatic hydroxyl groups is 1. The van der Waals surface area contributed by atoms with Gasteiger partial charge >= 0.3 is 5.97 Å². The highest BCUT2D eigenvalue weighted by Crippen LogP contribution is 2.14. The van der Waals surface area contributed by atoms with Crippen LogP contribution < -0.4 is 5.32 Å². The summed E-state index contributed by atoms with van der Waals surface area (Å²) in [6, 6.07) is -1.15. The molecule has 1 rings (SSSR count).